The van der Waals surface area contributed by atoms with Crippen molar-refractivity contribution >= 4 is 31.6 Å². The summed E-state index contributed by atoms with van der Waals surface area (Å²) in [7, 11) is -2.65. The van der Waals surface area contributed by atoms with Gasteiger partial charge in [0.1, 0.15) is 0 Å². The molecule has 0 aliphatic heterocycles. The van der Waals surface area contributed by atoms with Gasteiger partial charge in [0, 0.05) is 12.7 Å². The number of nitrogens with one attached hydrogen (secondary N) is 1. The van der Waals surface area contributed by atoms with Crippen LogP contribution in [0.4, 0.5) is 18.9 Å². The van der Waals surface area contributed by atoms with Crippen molar-refractivity contribution in [3.05, 3.63) is 34.4 Å². The third-order valence-electron chi connectivity index (χ3n) is 2.46. The molecular formula is C10H8BrF3N4O2S. The second-order valence-electron chi connectivity index (χ2n) is 3.99. The van der Waals surface area contributed by atoms with E-state index >= 15 is 0 Å². The molecule has 1 heterocycles. The lowest BCUT2D eigenvalue weighted by Gasteiger charge is -2.10. The lowest BCUT2D eigenvalue weighted by atomic mass is 10.2. The number of rotatable bonds is 3. The van der Waals surface area contributed by atoms with Gasteiger partial charge in [-0.25, -0.2) is 4.68 Å². The molecule has 0 amide bonds. The number of hydrogen-bond acceptors (Lipinski definition) is 4. The molecule has 6 nitrogen and oxygen atoms in total. The topological polar surface area (TPSA) is 76.9 Å². The Labute approximate surface area is 126 Å². The fraction of sp³-hybridized carbons (Fsp3) is 0.200. The predicted octanol–water partition coefficient (Wildman–Crippen LogP) is 2.40. The first-order valence-electron chi connectivity index (χ1n) is 5.36. The van der Waals surface area contributed by atoms with E-state index in [4.69, 9.17) is 0 Å². The summed E-state index contributed by atoms with van der Waals surface area (Å²) in [6.45, 7) is 0. The van der Waals surface area contributed by atoms with Crippen molar-refractivity contribution in [1.82, 2.24) is 15.0 Å². The first kappa shape index (κ1) is 15.8. The fourth-order valence-corrected chi connectivity index (χ4v) is 3.70. The molecule has 114 valence electrons. The van der Waals surface area contributed by atoms with E-state index in [9.17, 15) is 21.6 Å². The molecule has 0 unspecified atom stereocenters. The first-order chi connectivity index (χ1) is 9.61. The highest BCUT2D eigenvalue weighted by molar-refractivity contribution is 9.10. The normalized spacial score (nSPS) is 12.4. The van der Waals surface area contributed by atoms with Crippen LogP contribution in [0, 0.1) is 0 Å². The summed E-state index contributed by atoms with van der Waals surface area (Å²) in [4.78, 5) is 0. The van der Waals surface area contributed by atoms with Crippen molar-refractivity contribution in [2.45, 2.75) is 11.2 Å². The zero-order valence-corrected chi connectivity index (χ0v) is 12.8. The van der Waals surface area contributed by atoms with Crippen LogP contribution in [-0.4, -0.2) is 23.4 Å². The third-order valence-corrected chi connectivity index (χ3v) is 4.72. The Balaban J connectivity index is 2.30. The minimum absolute atomic E-state index is 0.00361. The number of hydrogen-bond donors (Lipinski definition) is 1. The van der Waals surface area contributed by atoms with Crippen molar-refractivity contribution in [2.24, 2.45) is 7.05 Å². The average molecular weight is 385 g/mol. The van der Waals surface area contributed by atoms with Crippen LogP contribution in [0.3, 0.4) is 0 Å². The van der Waals surface area contributed by atoms with Gasteiger partial charge in [-0.15, -0.1) is 5.10 Å². The summed E-state index contributed by atoms with van der Waals surface area (Å²) in [5.41, 5.74) is -0.870. The maximum Gasteiger partial charge on any atom is 0.416 e. The molecule has 1 N–H and O–H groups in total. The van der Waals surface area contributed by atoms with Crippen molar-refractivity contribution in [1.29, 1.82) is 0 Å². The van der Waals surface area contributed by atoms with Gasteiger partial charge in [-0.1, -0.05) is 5.21 Å². The number of halogens is 4. The fourth-order valence-electron chi connectivity index (χ4n) is 1.54. The van der Waals surface area contributed by atoms with Gasteiger partial charge in [-0.3, -0.25) is 4.72 Å². The Morgan fingerprint density at radius 1 is 1.24 bits per heavy atom. The molecule has 0 fully saturated rings. The minimum Gasteiger partial charge on any atom is -0.278 e. The van der Waals surface area contributed by atoms with Gasteiger partial charge in [0.15, 0.2) is 4.60 Å². The summed E-state index contributed by atoms with van der Waals surface area (Å²) in [6.07, 6.45) is -4.48. The molecule has 0 atom stereocenters. The molecule has 1 aromatic carbocycles. The Kier molecular flexibility index (Phi) is 3.97. The van der Waals surface area contributed by atoms with Crippen LogP contribution < -0.4 is 4.72 Å². The monoisotopic (exact) mass is 384 g/mol. The molecule has 0 saturated heterocycles. The molecule has 0 spiro atoms. The molecule has 2 aromatic rings. The van der Waals surface area contributed by atoms with Crippen LogP contribution in [0.5, 0.6) is 0 Å². The van der Waals surface area contributed by atoms with E-state index in [0.29, 0.717) is 0 Å². The zero-order valence-electron chi connectivity index (χ0n) is 10.4. The molecule has 2 rings (SSSR count). The number of benzene rings is 1. The molecule has 1 aromatic heterocycles. The first-order valence-corrected chi connectivity index (χ1v) is 7.64. The molecular weight excluding hydrogens is 377 g/mol. The van der Waals surface area contributed by atoms with Crippen LogP contribution in [-0.2, 0) is 23.2 Å². The van der Waals surface area contributed by atoms with Gasteiger partial charge in [0.2, 0.25) is 5.03 Å². The molecule has 0 aliphatic carbocycles. The van der Waals surface area contributed by atoms with Crippen molar-refractivity contribution in [3.63, 3.8) is 0 Å². The highest BCUT2D eigenvalue weighted by Crippen LogP contribution is 2.30. The number of alkyl halides is 3. The van der Waals surface area contributed by atoms with E-state index in [0.717, 1.165) is 28.9 Å². The van der Waals surface area contributed by atoms with Gasteiger partial charge in [0.05, 0.1) is 5.56 Å². The Morgan fingerprint density at radius 2 is 1.81 bits per heavy atom. The van der Waals surface area contributed by atoms with Gasteiger partial charge in [-0.2, -0.15) is 21.6 Å². The SMILES string of the molecule is Cn1nnc(Br)c1S(=O)(=O)Nc1ccc(C(F)(F)F)cc1. The van der Waals surface area contributed by atoms with E-state index in [-0.39, 0.29) is 15.3 Å². The number of anilines is 1. The second-order valence-corrected chi connectivity index (χ2v) is 6.34. The lowest BCUT2D eigenvalue weighted by Crippen LogP contribution is -2.17. The summed E-state index contributed by atoms with van der Waals surface area (Å²) < 4.78 is 64.7. The summed E-state index contributed by atoms with van der Waals surface area (Å²) in [6, 6.07) is 3.62. The molecule has 0 aliphatic rings. The second kappa shape index (κ2) is 5.30. The Bertz CT molecular complexity index is 736. The zero-order chi connectivity index (χ0) is 15.8. The van der Waals surface area contributed by atoms with E-state index in [1.165, 1.54) is 7.05 Å². The van der Waals surface area contributed by atoms with Gasteiger partial charge >= 0.3 is 6.18 Å². The van der Waals surface area contributed by atoms with E-state index < -0.39 is 21.8 Å². The maximum atomic E-state index is 12.4. The molecule has 0 radical (unpaired) electrons. The quantitative estimate of drug-likeness (QED) is 0.881. The van der Waals surface area contributed by atoms with E-state index in [1.54, 1.807) is 0 Å². The van der Waals surface area contributed by atoms with Crippen molar-refractivity contribution < 1.29 is 21.6 Å². The van der Waals surface area contributed by atoms with E-state index in [1.807, 2.05) is 0 Å². The van der Waals surface area contributed by atoms with Crippen LogP contribution in [0.1, 0.15) is 5.56 Å². The lowest BCUT2D eigenvalue weighted by molar-refractivity contribution is -0.137. The smallest absolute Gasteiger partial charge is 0.278 e. The van der Waals surface area contributed by atoms with Crippen LogP contribution in [0.2, 0.25) is 0 Å². The highest BCUT2D eigenvalue weighted by Gasteiger charge is 2.30. The van der Waals surface area contributed by atoms with Gasteiger partial charge < -0.3 is 0 Å². The highest BCUT2D eigenvalue weighted by atomic mass is 79.9. The summed E-state index contributed by atoms with van der Waals surface area (Å²) in [5.74, 6) is 0. The van der Waals surface area contributed by atoms with Crippen LogP contribution >= 0.6 is 15.9 Å². The van der Waals surface area contributed by atoms with Crippen molar-refractivity contribution in [2.75, 3.05) is 4.72 Å². The standard InChI is InChI=1S/C10H8BrF3N4O2S/c1-18-9(8(11)15-17-18)21(19,20)16-7-4-2-6(3-5-7)10(12,13)14/h2-5,16H,1H3. The molecule has 0 saturated carbocycles. The number of nitrogens with zero attached hydrogens (tertiary/aromatic N) is 3. The predicted molar refractivity (Wildman–Crippen MR) is 71.0 cm³/mol. The van der Waals surface area contributed by atoms with Crippen LogP contribution in [0.25, 0.3) is 0 Å². The molecule has 0 bridgehead atoms. The van der Waals surface area contributed by atoms with Gasteiger partial charge in [0.25, 0.3) is 10.0 Å². The largest absolute Gasteiger partial charge is 0.416 e. The van der Waals surface area contributed by atoms with E-state index in [2.05, 4.69) is 31.0 Å². The Morgan fingerprint density at radius 3 is 2.24 bits per heavy atom. The maximum absolute atomic E-state index is 12.4. The van der Waals surface area contributed by atoms with Crippen LogP contribution in [0.15, 0.2) is 33.9 Å². The number of aryl methyl sites for hydroxylation is 1. The summed E-state index contributed by atoms with van der Waals surface area (Å²) in [5, 5.41) is 6.82. The average Bonchev–Trinajstić information content (AvgIpc) is 2.68. The Hall–Kier alpha value is -1.62. The third kappa shape index (κ3) is 3.35. The number of aromatic nitrogens is 3. The summed E-state index contributed by atoms with van der Waals surface area (Å²) >= 11 is 2.94. The molecule has 21 heavy (non-hydrogen) atoms. The van der Waals surface area contributed by atoms with Gasteiger partial charge in [-0.05, 0) is 40.2 Å². The van der Waals surface area contributed by atoms with Crippen molar-refractivity contribution in [3.8, 4) is 0 Å². The number of sulfonamides is 1. The minimum atomic E-state index is -4.48. The molecule has 11 heteroatoms.